The lowest BCUT2D eigenvalue weighted by atomic mass is 10.2. The highest BCUT2D eigenvalue weighted by atomic mass is 16.5. The number of fused-ring (bicyclic) bond motifs is 1. The van der Waals surface area contributed by atoms with Crippen LogP contribution in [0.2, 0.25) is 0 Å². The van der Waals surface area contributed by atoms with Crippen LogP contribution in [-0.4, -0.2) is 23.2 Å². The fraction of sp³-hybridized carbons (Fsp3) is 0.167. The van der Waals surface area contributed by atoms with E-state index in [1.807, 2.05) is 0 Å². The van der Waals surface area contributed by atoms with Crippen molar-refractivity contribution in [1.82, 2.24) is 4.57 Å². The van der Waals surface area contributed by atoms with E-state index in [2.05, 4.69) is 0 Å². The second-order valence-corrected chi connectivity index (χ2v) is 3.49. The van der Waals surface area contributed by atoms with Crippen LogP contribution in [0.3, 0.4) is 0 Å². The van der Waals surface area contributed by atoms with Crippen molar-refractivity contribution in [3.63, 3.8) is 0 Å². The molecule has 0 spiro atoms. The number of aromatic nitrogens is 1. The maximum absolute atomic E-state index is 11.7. The lowest BCUT2D eigenvalue weighted by molar-refractivity contribution is 0.100. The van der Waals surface area contributed by atoms with Crippen LogP contribution in [0.25, 0.3) is 10.9 Å². The van der Waals surface area contributed by atoms with Gasteiger partial charge in [-0.3, -0.25) is 9.36 Å². The minimum atomic E-state index is -0.566. The summed E-state index contributed by atoms with van der Waals surface area (Å²) < 4.78 is 6.19. The second kappa shape index (κ2) is 4.29. The predicted octanol–water partition coefficient (Wildman–Crippen LogP) is 1.74. The van der Waals surface area contributed by atoms with Crippen molar-refractivity contribution in [1.29, 1.82) is 0 Å². The van der Waals surface area contributed by atoms with Gasteiger partial charge < -0.3 is 10.5 Å². The topological polar surface area (TPSA) is 74.3 Å². The van der Waals surface area contributed by atoms with Gasteiger partial charge in [-0.1, -0.05) is 18.2 Å². The summed E-state index contributed by atoms with van der Waals surface area (Å²) in [7, 11) is 0. The van der Waals surface area contributed by atoms with Gasteiger partial charge >= 0.3 is 6.09 Å². The Morgan fingerprint density at radius 3 is 2.71 bits per heavy atom. The summed E-state index contributed by atoms with van der Waals surface area (Å²) in [6.07, 6.45) is 0.890. The van der Waals surface area contributed by atoms with Crippen molar-refractivity contribution in [2.45, 2.75) is 6.92 Å². The van der Waals surface area contributed by atoms with Gasteiger partial charge in [0.05, 0.1) is 17.7 Å². The molecule has 2 N–H and O–H groups in total. The highest BCUT2D eigenvalue weighted by Crippen LogP contribution is 2.21. The minimum Gasteiger partial charge on any atom is -0.449 e. The molecule has 0 unspecified atom stereocenters. The Bertz CT molecular complexity index is 586. The number of hydrogen-bond donors (Lipinski definition) is 1. The summed E-state index contributed by atoms with van der Waals surface area (Å²) in [5.74, 6) is -0.566. The molecular formula is C12H12N2O3. The molecule has 0 fully saturated rings. The summed E-state index contributed by atoms with van der Waals surface area (Å²) in [5.41, 5.74) is 6.19. The van der Waals surface area contributed by atoms with Crippen LogP contribution in [-0.2, 0) is 4.74 Å². The molecule has 1 aromatic carbocycles. The fourth-order valence-electron chi connectivity index (χ4n) is 1.72. The van der Waals surface area contributed by atoms with Gasteiger partial charge in [-0.2, -0.15) is 0 Å². The normalized spacial score (nSPS) is 10.4. The number of primary amides is 1. The molecule has 2 rings (SSSR count). The third kappa shape index (κ3) is 1.87. The van der Waals surface area contributed by atoms with Crippen molar-refractivity contribution < 1.29 is 14.3 Å². The van der Waals surface area contributed by atoms with E-state index < -0.39 is 12.0 Å². The number of rotatable bonds is 2. The number of nitrogens with zero attached hydrogens (tertiary/aromatic N) is 1. The standard InChI is InChI=1S/C12H12N2O3/c1-2-17-12(16)14-7-9(11(13)15)8-5-3-4-6-10(8)14/h3-7H,2H2,1H3,(H2,13,15). The van der Waals surface area contributed by atoms with Crippen LogP contribution in [0, 0.1) is 0 Å². The molecule has 5 heteroatoms. The van der Waals surface area contributed by atoms with Crippen LogP contribution in [0.1, 0.15) is 17.3 Å². The van der Waals surface area contributed by atoms with E-state index >= 15 is 0 Å². The molecule has 2 aromatic rings. The van der Waals surface area contributed by atoms with Gasteiger partial charge in [0.2, 0.25) is 0 Å². The molecule has 1 amide bonds. The van der Waals surface area contributed by atoms with Crippen LogP contribution in [0.4, 0.5) is 4.79 Å². The smallest absolute Gasteiger partial charge is 0.418 e. The molecule has 17 heavy (non-hydrogen) atoms. The number of amides is 1. The third-order valence-corrected chi connectivity index (χ3v) is 2.44. The van der Waals surface area contributed by atoms with Gasteiger partial charge in [-0.25, -0.2) is 4.79 Å². The SMILES string of the molecule is CCOC(=O)n1cc(C(N)=O)c2ccccc21. The van der Waals surface area contributed by atoms with E-state index in [9.17, 15) is 9.59 Å². The molecule has 0 bridgehead atoms. The van der Waals surface area contributed by atoms with Gasteiger partial charge in [0, 0.05) is 11.6 Å². The Labute approximate surface area is 97.8 Å². The van der Waals surface area contributed by atoms with Crippen LogP contribution < -0.4 is 5.73 Å². The summed E-state index contributed by atoms with van der Waals surface area (Å²) in [5, 5.41) is 0.646. The van der Waals surface area contributed by atoms with Gasteiger partial charge in [-0.05, 0) is 13.0 Å². The molecule has 88 valence electrons. The molecule has 0 saturated heterocycles. The zero-order valence-corrected chi connectivity index (χ0v) is 9.34. The van der Waals surface area contributed by atoms with Crippen molar-refractivity contribution in [2.75, 3.05) is 6.61 Å². The average molecular weight is 232 g/mol. The zero-order valence-electron chi connectivity index (χ0n) is 9.34. The fourth-order valence-corrected chi connectivity index (χ4v) is 1.72. The molecule has 1 heterocycles. The minimum absolute atomic E-state index is 0.275. The van der Waals surface area contributed by atoms with E-state index in [0.29, 0.717) is 16.5 Å². The number of carbonyl (C=O) groups excluding carboxylic acids is 2. The number of benzene rings is 1. The molecular weight excluding hydrogens is 220 g/mol. The van der Waals surface area contributed by atoms with E-state index in [1.165, 1.54) is 10.8 Å². The quantitative estimate of drug-likeness (QED) is 0.857. The monoisotopic (exact) mass is 232 g/mol. The van der Waals surface area contributed by atoms with Gasteiger partial charge in [0.1, 0.15) is 0 Å². The lowest BCUT2D eigenvalue weighted by Gasteiger charge is -2.02. The Morgan fingerprint density at radius 2 is 2.06 bits per heavy atom. The predicted molar refractivity (Wildman–Crippen MR) is 62.9 cm³/mol. The third-order valence-electron chi connectivity index (χ3n) is 2.44. The summed E-state index contributed by atoms with van der Waals surface area (Å²) in [6.45, 7) is 2.00. The molecule has 0 aliphatic heterocycles. The maximum Gasteiger partial charge on any atom is 0.418 e. The lowest BCUT2D eigenvalue weighted by Crippen LogP contribution is -2.13. The molecule has 0 atom stereocenters. The second-order valence-electron chi connectivity index (χ2n) is 3.49. The number of ether oxygens (including phenoxy) is 1. The first-order chi connectivity index (χ1) is 8.15. The van der Waals surface area contributed by atoms with Crippen molar-refractivity contribution in [3.05, 3.63) is 36.0 Å². The summed E-state index contributed by atoms with van der Waals surface area (Å²) in [6, 6.07) is 7.04. The highest BCUT2D eigenvalue weighted by molar-refractivity contribution is 6.08. The Hall–Kier alpha value is -2.30. The first kappa shape index (κ1) is 11.2. The van der Waals surface area contributed by atoms with E-state index in [1.54, 1.807) is 31.2 Å². The van der Waals surface area contributed by atoms with Crippen LogP contribution >= 0.6 is 0 Å². The summed E-state index contributed by atoms with van der Waals surface area (Å²) >= 11 is 0. The number of carbonyl (C=O) groups is 2. The number of para-hydroxylation sites is 1. The number of nitrogens with two attached hydrogens (primary N) is 1. The zero-order chi connectivity index (χ0) is 12.4. The summed E-state index contributed by atoms with van der Waals surface area (Å²) in [4.78, 5) is 22.9. The van der Waals surface area contributed by atoms with Crippen LogP contribution in [0.15, 0.2) is 30.5 Å². The van der Waals surface area contributed by atoms with Gasteiger partial charge in [0.15, 0.2) is 0 Å². The largest absolute Gasteiger partial charge is 0.449 e. The van der Waals surface area contributed by atoms with Gasteiger partial charge in [-0.15, -0.1) is 0 Å². The molecule has 5 nitrogen and oxygen atoms in total. The Kier molecular flexibility index (Phi) is 2.82. The van der Waals surface area contributed by atoms with Crippen molar-refractivity contribution >= 4 is 22.9 Å². The average Bonchev–Trinajstić information content (AvgIpc) is 2.69. The van der Waals surface area contributed by atoms with Gasteiger partial charge in [0.25, 0.3) is 5.91 Å². The molecule has 0 radical (unpaired) electrons. The van der Waals surface area contributed by atoms with E-state index in [-0.39, 0.29) is 6.61 Å². The first-order valence-electron chi connectivity index (χ1n) is 5.22. The van der Waals surface area contributed by atoms with E-state index in [0.717, 1.165) is 0 Å². The first-order valence-corrected chi connectivity index (χ1v) is 5.22. The molecule has 1 aromatic heterocycles. The van der Waals surface area contributed by atoms with E-state index in [4.69, 9.17) is 10.5 Å². The maximum atomic E-state index is 11.7. The highest BCUT2D eigenvalue weighted by Gasteiger charge is 2.16. The Balaban J connectivity index is 2.64. The molecule has 0 aliphatic carbocycles. The Morgan fingerprint density at radius 1 is 1.35 bits per heavy atom. The number of hydrogen-bond acceptors (Lipinski definition) is 3. The van der Waals surface area contributed by atoms with Crippen LogP contribution in [0.5, 0.6) is 0 Å². The molecule has 0 saturated carbocycles. The molecule has 0 aliphatic rings. The van der Waals surface area contributed by atoms with Crippen molar-refractivity contribution in [3.8, 4) is 0 Å². The van der Waals surface area contributed by atoms with Crippen molar-refractivity contribution in [2.24, 2.45) is 5.73 Å².